The van der Waals surface area contributed by atoms with Gasteiger partial charge in [-0.3, -0.25) is 19.7 Å². The number of amides is 2. The molecule has 172 valence electrons. The zero-order valence-electron chi connectivity index (χ0n) is 18.4. The Morgan fingerprint density at radius 1 is 0.800 bits per heavy atom. The van der Waals surface area contributed by atoms with Gasteiger partial charge < -0.3 is 0 Å². The first-order valence-electron chi connectivity index (χ1n) is 11.3. The molecular formula is C28H19BrN2O4. The highest BCUT2D eigenvalue weighted by Crippen LogP contribution is 2.59. The molecule has 1 saturated heterocycles. The molecule has 0 unspecified atom stereocenters. The van der Waals surface area contributed by atoms with E-state index < -0.39 is 16.8 Å². The van der Waals surface area contributed by atoms with Crippen molar-refractivity contribution in [3.8, 4) is 0 Å². The SMILES string of the molecule is O=C1[C@@H]2[C@@H](C(=O)N1c1ccc(Br)cc1[N+](=O)[O-])[C@H]1C=C[C@@H]2C1=C(c1ccccc1)c1ccccc1. The molecule has 2 amide bonds. The van der Waals surface area contributed by atoms with Gasteiger partial charge in [-0.15, -0.1) is 0 Å². The van der Waals surface area contributed by atoms with E-state index in [1.165, 1.54) is 12.1 Å². The second-order valence-electron chi connectivity index (χ2n) is 8.95. The summed E-state index contributed by atoms with van der Waals surface area (Å²) in [4.78, 5) is 39.6. The maximum Gasteiger partial charge on any atom is 0.294 e. The van der Waals surface area contributed by atoms with Gasteiger partial charge in [-0.2, -0.15) is 0 Å². The van der Waals surface area contributed by atoms with Crippen LogP contribution < -0.4 is 4.90 Å². The van der Waals surface area contributed by atoms with Crippen LogP contribution in [0.25, 0.3) is 5.57 Å². The molecule has 6 nitrogen and oxygen atoms in total. The van der Waals surface area contributed by atoms with Crippen molar-refractivity contribution in [1.82, 2.24) is 0 Å². The number of imide groups is 1. The van der Waals surface area contributed by atoms with Gasteiger partial charge in [0.25, 0.3) is 5.69 Å². The molecule has 0 aromatic heterocycles. The summed E-state index contributed by atoms with van der Waals surface area (Å²) in [6.45, 7) is 0. The van der Waals surface area contributed by atoms with E-state index in [0.29, 0.717) is 4.47 Å². The fourth-order valence-corrected chi connectivity index (χ4v) is 6.22. The van der Waals surface area contributed by atoms with Crippen molar-refractivity contribution >= 4 is 44.7 Å². The predicted octanol–water partition coefficient (Wildman–Crippen LogP) is 5.78. The highest BCUT2D eigenvalue weighted by Gasteiger charge is 2.63. The van der Waals surface area contributed by atoms with Gasteiger partial charge in [0.05, 0.1) is 16.8 Å². The number of benzene rings is 3. The van der Waals surface area contributed by atoms with Crippen LogP contribution in [0, 0.1) is 33.8 Å². The first kappa shape index (κ1) is 21.7. The lowest BCUT2D eigenvalue weighted by atomic mass is 9.85. The number of halogens is 1. The van der Waals surface area contributed by atoms with Gasteiger partial charge in [0, 0.05) is 22.4 Å². The average molecular weight is 527 g/mol. The molecule has 35 heavy (non-hydrogen) atoms. The maximum atomic E-state index is 13.7. The van der Waals surface area contributed by atoms with E-state index in [1.54, 1.807) is 6.07 Å². The fraction of sp³-hybridized carbons (Fsp3) is 0.143. The van der Waals surface area contributed by atoms with E-state index in [1.807, 2.05) is 72.8 Å². The van der Waals surface area contributed by atoms with Crippen molar-refractivity contribution in [2.45, 2.75) is 0 Å². The van der Waals surface area contributed by atoms with Crippen LogP contribution in [0.1, 0.15) is 11.1 Å². The van der Waals surface area contributed by atoms with Crippen molar-refractivity contribution in [3.05, 3.63) is 122 Å². The summed E-state index contributed by atoms with van der Waals surface area (Å²) in [5, 5.41) is 11.7. The van der Waals surface area contributed by atoms with Crippen LogP contribution in [0.5, 0.6) is 0 Å². The van der Waals surface area contributed by atoms with Crippen molar-refractivity contribution < 1.29 is 14.5 Å². The van der Waals surface area contributed by atoms with Gasteiger partial charge in [0.1, 0.15) is 5.69 Å². The van der Waals surface area contributed by atoms with E-state index >= 15 is 0 Å². The Morgan fingerprint density at radius 3 is 1.80 bits per heavy atom. The number of carbonyl (C=O) groups excluding carboxylic acids is 2. The summed E-state index contributed by atoms with van der Waals surface area (Å²) >= 11 is 3.24. The monoisotopic (exact) mass is 526 g/mol. The number of hydrogen-bond acceptors (Lipinski definition) is 4. The first-order valence-corrected chi connectivity index (χ1v) is 12.1. The minimum atomic E-state index is -0.571. The molecule has 6 rings (SSSR count). The minimum absolute atomic E-state index is 0.0267. The number of allylic oxidation sites excluding steroid dienone is 3. The molecule has 0 radical (unpaired) electrons. The predicted molar refractivity (Wildman–Crippen MR) is 135 cm³/mol. The number of nitro groups is 1. The highest BCUT2D eigenvalue weighted by atomic mass is 79.9. The Kier molecular flexibility index (Phi) is 5.04. The Labute approximate surface area is 209 Å². The third-order valence-electron chi connectivity index (χ3n) is 7.20. The smallest absolute Gasteiger partial charge is 0.274 e. The minimum Gasteiger partial charge on any atom is -0.274 e. The molecule has 1 saturated carbocycles. The number of hydrogen-bond donors (Lipinski definition) is 0. The van der Waals surface area contributed by atoms with Gasteiger partial charge in [-0.25, -0.2) is 4.90 Å². The maximum absolute atomic E-state index is 13.7. The molecule has 3 aliphatic rings. The zero-order chi connectivity index (χ0) is 24.3. The molecule has 2 fully saturated rings. The summed E-state index contributed by atoms with van der Waals surface area (Å²) in [6, 6.07) is 24.4. The molecule has 3 aromatic rings. The molecule has 1 aliphatic heterocycles. The molecule has 0 N–H and O–H groups in total. The normalized spacial score (nSPS) is 24.3. The van der Waals surface area contributed by atoms with Crippen molar-refractivity contribution in [1.29, 1.82) is 0 Å². The van der Waals surface area contributed by atoms with Crippen LogP contribution in [0.4, 0.5) is 11.4 Å². The van der Waals surface area contributed by atoms with E-state index in [-0.39, 0.29) is 35.0 Å². The molecule has 1 heterocycles. The third-order valence-corrected chi connectivity index (χ3v) is 7.70. The first-order chi connectivity index (χ1) is 17.0. The van der Waals surface area contributed by atoms with Gasteiger partial charge in [0.2, 0.25) is 11.8 Å². The number of rotatable bonds is 4. The average Bonchev–Trinajstić information content (AvgIpc) is 3.50. The zero-order valence-corrected chi connectivity index (χ0v) is 20.0. The molecule has 4 atom stereocenters. The molecule has 3 aromatic carbocycles. The quantitative estimate of drug-likeness (QED) is 0.187. The number of nitrogens with zero attached hydrogens (tertiary/aromatic N) is 2. The summed E-state index contributed by atoms with van der Waals surface area (Å²) in [5.74, 6) is -2.37. The topological polar surface area (TPSA) is 80.5 Å². The van der Waals surface area contributed by atoms with Crippen LogP contribution in [0.2, 0.25) is 0 Å². The van der Waals surface area contributed by atoms with Crippen LogP contribution in [0.15, 0.2) is 101 Å². The lowest BCUT2D eigenvalue weighted by Gasteiger charge is -2.21. The van der Waals surface area contributed by atoms with Crippen LogP contribution in [-0.4, -0.2) is 16.7 Å². The molecule has 2 bridgehead atoms. The number of anilines is 1. The molecule has 2 aliphatic carbocycles. The lowest BCUT2D eigenvalue weighted by molar-refractivity contribution is -0.384. The highest BCUT2D eigenvalue weighted by molar-refractivity contribution is 9.10. The summed E-state index contributed by atoms with van der Waals surface area (Å²) in [7, 11) is 0. The fourth-order valence-electron chi connectivity index (χ4n) is 5.88. The Balaban J connectivity index is 1.49. The number of fused-ring (bicyclic) bond motifs is 5. The van der Waals surface area contributed by atoms with Gasteiger partial charge >= 0.3 is 0 Å². The summed E-state index contributed by atoms with van der Waals surface area (Å²) in [5.41, 5.74) is 3.94. The number of nitro benzene ring substituents is 1. The number of carbonyl (C=O) groups is 2. The van der Waals surface area contributed by atoms with Crippen LogP contribution >= 0.6 is 15.9 Å². The van der Waals surface area contributed by atoms with Gasteiger partial charge in [-0.05, 0) is 34.4 Å². The molecule has 7 heteroatoms. The Morgan fingerprint density at radius 2 is 1.31 bits per heavy atom. The molecule has 0 spiro atoms. The lowest BCUT2D eigenvalue weighted by Crippen LogP contribution is -2.33. The largest absolute Gasteiger partial charge is 0.294 e. The van der Waals surface area contributed by atoms with E-state index in [2.05, 4.69) is 15.9 Å². The van der Waals surface area contributed by atoms with Gasteiger partial charge in [0.15, 0.2) is 0 Å². The summed E-state index contributed by atoms with van der Waals surface area (Å²) < 4.78 is 0.509. The van der Waals surface area contributed by atoms with Crippen molar-refractivity contribution in [2.24, 2.45) is 23.7 Å². The van der Waals surface area contributed by atoms with E-state index in [9.17, 15) is 19.7 Å². The van der Waals surface area contributed by atoms with Crippen molar-refractivity contribution in [2.75, 3.05) is 4.90 Å². The van der Waals surface area contributed by atoms with Gasteiger partial charge in [-0.1, -0.05) is 88.7 Å². The second-order valence-corrected chi connectivity index (χ2v) is 9.87. The van der Waals surface area contributed by atoms with Crippen molar-refractivity contribution in [3.63, 3.8) is 0 Å². The molecular weight excluding hydrogens is 508 g/mol. The van der Waals surface area contributed by atoms with E-state index in [4.69, 9.17) is 0 Å². The Bertz CT molecular complexity index is 1370. The van der Waals surface area contributed by atoms with E-state index in [0.717, 1.165) is 27.2 Å². The summed E-state index contributed by atoms with van der Waals surface area (Å²) in [6.07, 6.45) is 4.05. The standard InChI is InChI=1S/C28H19BrN2O4/c29-18-11-14-21(22(15-18)31(34)35)30-27(32)25-19-12-13-20(26(25)28(30)33)24(19)23(16-7-3-1-4-8-16)17-9-5-2-6-10-17/h1-15,19-20,25-26H/t19-,20+,25-,26-/m0/s1. The second kappa shape index (κ2) is 8.13. The Hall–Kier alpha value is -3.84. The van der Waals surface area contributed by atoms with Crippen LogP contribution in [0.3, 0.4) is 0 Å². The third kappa shape index (κ3) is 3.22. The van der Waals surface area contributed by atoms with Crippen LogP contribution in [-0.2, 0) is 9.59 Å².